The lowest BCUT2D eigenvalue weighted by atomic mass is 9.94. The molecule has 0 aliphatic rings. The van der Waals surface area contributed by atoms with Gasteiger partial charge in [0, 0.05) is 40.1 Å². The van der Waals surface area contributed by atoms with Crippen LogP contribution in [-0.2, 0) is 0 Å². The van der Waals surface area contributed by atoms with Crippen LogP contribution in [0, 0.1) is 20.8 Å². The van der Waals surface area contributed by atoms with E-state index in [0.717, 1.165) is 5.56 Å². The fourth-order valence-corrected chi connectivity index (χ4v) is 5.83. The average Bonchev–Trinajstić information content (AvgIpc) is 3.10. The van der Waals surface area contributed by atoms with Crippen LogP contribution in [0.3, 0.4) is 0 Å². The highest BCUT2D eigenvalue weighted by Crippen LogP contribution is 2.41. The molecule has 4 aromatic carbocycles. The summed E-state index contributed by atoms with van der Waals surface area (Å²) in [4.78, 5) is 0. The van der Waals surface area contributed by atoms with E-state index in [1.54, 1.807) is 0 Å². The van der Waals surface area contributed by atoms with E-state index in [2.05, 4.69) is 128 Å². The van der Waals surface area contributed by atoms with Gasteiger partial charge in [0.1, 0.15) is 0 Å². The summed E-state index contributed by atoms with van der Waals surface area (Å²) >= 11 is 4.35. The van der Waals surface area contributed by atoms with Crippen LogP contribution < -0.4 is 0 Å². The van der Waals surface area contributed by atoms with Gasteiger partial charge in [-0.05, 0) is 84.1 Å². The van der Waals surface area contributed by atoms with E-state index in [0.29, 0.717) is 0 Å². The van der Waals surface area contributed by atoms with Gasteiger partial charge in [0.05, 0.1) is 0 Å². The number of benzene rings is 4. The highest BCUT2D eigenvalue weighted by atomic mass is 127. The summed E-state index contributed by atoms with van der Waals surface area (Å²) in [5.74, 6) is 6.84. The minimum absolute atomic E-state index is 0.0209. The standard InChI is InChI=1S/C28H21IS/c1-28(2,3)15-14-18-8-4-5-9-20(18)24-17-23-19(16-25(24)29)12-13-22-21-10-6-7-11-26(21)30-27(22)23/h4-13,16-17H,1-3H3. The Morgan fingerprint density at radius 3 is 2.37 bits per heavy atom. The van der Waals surface area contributed by atoms with Gasteiger partial charge in [0.15, 0.2) is 0 Å². The molecule has 0 N–H and O–H groups in total. The lowest BCUT2D eigenvalue weighted by molar-refractivity contribution is 0.571. The second-order valence-corrected chi connectivity index (χ2v) is 10.9. The fourth-order valence-electron chi connectivity index (χ4n) is 3.82. The monoisotopic (exact) mass is 516 g/mol. The van der Waals surface area contributed by atoms with Crippen molar-refractivity contribution >= 4 is 64.9 Å². The largest absolute Gasteiger partial charge is 0.135 e. The molecule has 1 heterocycles. The van der Waals surface area contributed by atoms with Crippen molar-refractivity contribution in [1.29, 1.82) is 0 Å². The van der Waals surface area contributed by atoms with Crippen molar-refractivity contribution in [1.82, 2.24) is 0 Å². The fraction of sp³-hybridized carbons (Fsp3) is 0.143. The summed E-state index contributed by atoms with van der Waals surface area (Å²) in [6.07, 6.45) is 0. The van der Waals surface area contributed by atoms with Crippen molar-refractivity contribution < 1.29 is 0 Å². The summed E-state index contributed by atoms with van der Waals surface area (Å²) in [6, 6.07) is 26.4. The smallest absolute Gasteiger partial charge is 0.0434 e. The molecular weight excluding hydrogens is 495 g/mol. The number of hydrogen-bond acceptors (Lipinski definition) is 1. The maximum atomic E-state index is 3.43. The summed E-state index contributed by atoms with van der Waals surface area (Å²) in [6.45, 7) is 6.46. The molecule has 0 unspecified atom stereocenters. The van der Waals surface area contributed by atoms with E-state index in [-0.39, 0.29) is 5.41 Å². The first-order chi connectivity index (χ1) is 14.4. The van der Waals surface area contributed by atoms with E-state index in [1.165, 1.54) is 45.6 Å². The van der Waals surface area contributed by atoms with Gasteiger partial charge in [-0.3, -0.25) is 0 Å². The predicted octanol–water partition coefficient (Wildman–Crippen LogP) is 8.88. The highest BCUT2D eigenvalue weighted by molar-refractivity contribution is 14.1. The van der Waals surface area contributed by atoms with Gasteiger partial charge in [-0.25, -0.2) is 0 Å². The van der Waals surface area contributed by atoms with E-state index in [4.69, 9.17) is 0 Å². The minimum atomic E-state index is -0.0209. The van der Waals surface area contributed by atoms with E-state index < -0.39 is 0 Å². The van der Waals surface area contributed by atoms with E-state index in [1.807, 2.05) is 11.3 Å². The molecule has 2 heteroatoms. The van der Waals surface area contributed by atoms with Crippen molar-refractivity contribution in [3.05, 3.63) is 81.9 Å². The Morgan fingerprint density at radius 1 is 0.767 bits per heavy atom. The molecule has 0 saturated carbocycles. The van der Waals surface area contributed by atoms with Crippen molar-refractivity contribution in [2.24, 2.45) is 5.41 Å². The second kappa shape index (κ2) is 7.41. The first kappa shape index (κ1) is 19.6. The molecule has 0 spiro atoms. The molecule has 5 aromatic rings. The van der Waals surface area contributed by atoms with Gasteiger partial charge in [0.2, 0.25) is 0 Å². The van der Waals surface area contributed by atoms with Gasteiger partial charge in [-0.15, -0.1) is 11.3 Å². The van der Waals surface area contributed by atoms with Crippen LogP contribution in [0.25, 0.3) is 42.1 Å². The summed E-state index contributed by atoms with van der Waals surface area (Å²) in [5.41, 5.74) is 3.53. The normalized spacial score (nSPS) is 11.7. The molecule has 0 atom stereocenters. The third-order valence-electron chi connectivity index (χ3n) is 5.24. The molecule has 0 aliphatic heterocycles. The van der Waals surface area contributed by atoms with Gasteiger partial charge in [0.25, 0.3) is 0 Å². The molecule has 0 bridgehead atoms. The molecule has 1 aromatic heterocycles. The molecule has 0 fully saturated rings. The molecule has 0 aliphatic carbocycles. The molecule has 0 amide bonds. The van der Waals surface area contributed by atoms with Gasteiger partial charge in [-0.1, -0.05) is 60.4 Å². The lowest BCUT2D eigenvalue weighted by Gasteiger charge is -2.11. The zero-order valence-electron chi connectivity index (χ0n) is 17.2. The van der Waals surface area contributed by atoms with Crippen LogP contribution in [-0.4, -0.2) is 0 Å². The predicted molar refractivity (Wildman–Crippen MR) is 141 cm³/mol. The quantitative estimate of drug-likeness (QED) is 0.154. The number of rotatable bonds is 1. The molecular formula is C28H21IS. The number of halogens is 1. The van der Waals surface area contributed by atoms with Crippen LogP contribution in [0.1, 0.15) is 26.3 Å². The topological polar surface area (TPSA) is 0 Å². The van der Waals surface area contributed by atoms with Crippen LogP contribution in [0.15, 0.2) is 72.8 Å². The zero-order chi connectivity index (χ0) is 20.9. The molecule has 5 rings (SSSR count). The lowest BCUT2D eigenvalue weighted by Crippen LogP contribution is -1.99. The summed E-state index contributed by atoms with van der Waals surface area (Å²) in [7, 11) is 0. The minimum Gasteiger partial charge on any atom is -0.135 e. The number of hydrogen-bond donors (Lipinski definition) is 0. The van der Waals surface area contributed by atoms with Crippen molar-refractivity contribution in [2.45, 2.75) is 20.8 Å². The Morgan fingerprint density at radius 2 is 1.53 bits per heavy atom. The Hall–Kier alpha value is -2.35. The third-order valence-corrected chi connectivity index (χ3v) is 7.35. The average molecular weight is 516 g/mol. The molecule has 0 radical (unpaired) electrons. The molecule has 0 nitrogen and oxygen atoms in total. The van der Waals surface area contributed by atoms with Crippen molar-refractivity contribution in [2.75, 3.05) is 0 Å². The van der Waals surface area contributed by atoms with Crippen molar-refractivity contribution in [3.8, 4) is 23.0 Å². The van der Waals surface area contributed by atoms with Crippen molar-refractivity contribution in [3.63, 3.8) is 0 Å². The Labute approximate surface area is 195 Å². The summed E-state index contributed by atoms with van der Waals surface area (Å²) < 4.78 is 3.96. The number of fused-ring (bicyclic) bond motifs is 5. The van der Waals surface area contributed by atoms with Crippen LogP contribution in [0.5, 0.6) is 0 Å². The van der Waals surface area contributed by atoms with Crippen LogP contribution in [0.4, 0.5) is 0 Å². The van der Waals surface area contributed by atoms with Gasteiger partial charge < -0.3 is 0 Å². The third kappa shape index (κ3) is 3.51. The molecule has 0 saturated heterocycles. The maximum Gasteiger partial charge on any atom is 0.0434 e. The maximum absolute atomic E-state index is 3.43. The first-order valence-corrected chi connectivity index (χ1v) is 12.0. The Balaban J connectivity index is 1.79. The second-order valence-electron chi connectivity index (χ2n) is 8.64. The molecule has 30 heavy (non-hydrogen) atoms. The summed E-state index contributed by atoms with van der Waals surface area (Å²) in [5, 5.41) is 5.30. The Kier molecular flexibility index (Phi) is 4.84. The van der Waals surface area contributed by atoms with Crippen LogP contribution in [0.2, 0.25) is 0 Å². The number of thiophene rings is 1. The van der Waals surface area contributed by atoms with Gasteiger partial charge in [-0.2, -0.15) is 0 Å². The SMILES string of the molecule is CC(C)(C)C#Cc1ccccc1-c1cc2c(ccc3c4ccccc4sc23)cc1I. The van der Waals surface area contributed by atoms with E-state index >= 15 is 0 Å². The van der Waals surface area contributed by atoms with Gasteiger partial charge >= 0.3 is 0 Å². The van der Waals surface area contributed by atoms with E-state index in [9.17, 15) is 0 Å². The molecule has 146 valence electrons. The highest BCUT2D eigenvalue weighted by Gasteiger charge is 2.13. The zero-order valence-corrected chi connectivity index (χ0v) is 20.2. The van der Waals surface area contributed by atoms with Crippen LogP contribution >= 0.6 is 33.9 Å². The first-order valence-electron chi connectivity index (χ1n) is 10.1. The Bertz CT molecular complexity index is 1490.